The smallest absolute Gasteiger partial charge is 0.0483 e. The molecule has 0 saturated heterocycles. The first-order valence-electron chi connectivity index (χ1n) is 6.94. The molecule has 0 bridgehead atoms. The van der Waals surface area contributed by atoms with Gasteiger partial charge in [0.15, 0.2) is 0 Å². The number of fused-ring (bicyclic) bond motifs is 1. The molecule has 1 heterocycles. The highest BCUT2D eigenvalue weighted by atomic mass is 15.0. The van der Waals surface area contributed by atoms with Gasteiger partial charge in [0.05, 0.1) is 0 Å². The zero-order valence-electron chi connectivity index (χ0n) is 11.5. The first-order chi connectivity index (χ1) is 8.68. The fraction of sp³-hybridized carbons (Fsp3) is 0.500. The molecular weight excluding hydrogens is 220 g/mol. The lowest BCUT2D eigenvalue weighted by atomic mass is 10.1. The second-order valence-electron chi connectivity index (χ2n) is 5.65. The predicted octanol–water partition coefficient (Wildman–Crippen LogP) is 3.37. The molecule has 1 aromatic carbocycles. The Hall–Kier alpha value is -1.28. The number of nitrogens with one attached hydrogen (secondary N) is 1. The topological polar surface area (TPSA) is 17.0 Å². The van der Waals surface area contributed by atoms with E-state index in [0.29, 0.717) is 6.04 Å². The van der Waals surface area contributed by atoms with Gasteiger partial charge in [0, 0.05) is 36.2 Å². The van der Waals surface area contributed by atoms with Crippen LogP contribution in [0.25, 0.3) is 10.9 Å². The van der Waals surface area contributed by atoms with Crippen LogP contribution in [0.2, 0.25) is 0 Å². The lowest BCUT2D eigenvalue weighted by Gasteiger charge is -2.14. The fourth-order valence-corrected chi connectivity index (χ4v) is 2.91. The Morgan fingerprint density at radius 3 is 2.72 bits per heavy atom. The van der Waals surface area contributed by atoms with Crippen molar-refractivity contribution in [3.63, 3.8) is 0 Å². The number of para-hydroxylation sites is 1. The van der Waals surface area contributed by atoms with Crippen molar-refractivity contribution in [2.45, 2.75) is 39.3 Å². The number of aryl methyl sites for hydroxylation is 2. The standard InChI is InChI=1S/C16H22N2/c1-11-14-6-4-5-7-15(14)18(3)16(11)10-17-12(2)13-8-9-13/h4-7,12-13,17H,8-10H2,1-3H3. The van der Waals surface area contributed by atoms with Gasteiger partial charge in [-0.15, -0.1) is 0 Å². The van der Waals surface area contributed by atoms with Crippen LogP contribution in [-0.2, 0) is 13.6 Å². The molecule has 18 heavy (non-hydrogen) atoms. The Bertz CT molecular complexity index is 525. The molecule has 3 rings (SSSR count). The molecule has 0 spiro atoms. The van der Waals surface area contributed by atoms with E-state index in [2.05, 4.69) is 55.0 Å². The van der Waals surface area contributed by atoms with Crippen LogP contribution in [-0.4, -0.2) is 10.6 Å². The van der Waals surface area contributed by atoms with Crippen molar-refractivity contribution in [1.29, 1.82) is 0 Å². The number of rotatable bonds is 4. The fourth-order valence-electron chi connectivity index (χ4n) is 2.91. The number of hydrogen-bond donors (Lipinski definition) is 1. The number of hydrogen-bond acceptors (Lipinski definition) is 1. The van der Waals surface area contributed by atoms with Crippen molar-refractivity contribution in [2.24, 2.45) is 13.0 Å². The highest BCUT2D eigenvalue weighted by Crippen LogP contribution is 2.32. The summed E-state index contributed by atoms with van der Waals surface area (Å²) in [7, 11) is 2.17. The Labute approximate surface area is 109 Å². The van der Waals surface area contributed by atoms with E-state index in [1.54, 1.807) is 0 Å². The summed E-state index contributed by atoms with van der Waals surface area (Å²) < 4.78 is 2.33. The quantitative estimate of drug-likeness (QED) is 0.869. The van der Waals surface area contributed by atoms with Crippen LogP contribution in [0.4, 0.5) is 0 Å². The van der Waals surface area contributed by atoms with Crippen LogP contribution in [0.3, 0.4) is 0 Å². The zero-order chi connectivity index (χ0) is 12.7. The summed E-state index contributed by atoms with van der Waals surface area (Å²) in [5, 5.41) is 5.07. The first-order valence-corrected chi connectivity index (χ1v) is 6.94. The van der Waals surface area contributed by atoms with Crippen LogP contribution in [0.5, 0.6) is 0 Å². The van der Waals surface area contributed by atoms with E-state index in [1.807, 2.05) is 0 Å². The van der Waals surface area contributed by atoms with Crippen LogP contribution >= 0.6 is 0 Å². The highest BCUT2D eigenvalue weighted by Gasteiger charge is 2.27. The molecule has 0 aliphatic heterocycles. The Kier molecular flexibility index (Phi) is 2.90. The van der Waals surface area contributed by atoms with Crippen LogP contribution in [0.1, 0.15) is 31.0 Å². The third-order valence-corrected chi connectivity index (χ3v) is 4.43. The average Bonchev–Trinajstić information content (AvgIpc) is 3.19. The number of nitrogens with zero attached hydrogens (tertiary/aromatic N) is 1. The normalized spacial score (nSPS) is 17.3. The molecule has 2 aromatic rings. The van der Waals surface area contributed by atoms with Gasteiger partial charge in [-0.2, -0.15) is 0 Å². The van der Waals surface area contributed by atoms with Gasteiger partial charge in [-0.25, -0.2) is 0 Å². The summed E-state index contributed by atoms with van der Waals surface area (Å²) in [6.07, 6.45) is 2.81. The molecule has 1 unspecified atom stereocenters. The summed E-state index contributed by atoms with van der Waals surface area (Å²) in [5.41, 5.74) is 4.18. The van der Waals surface area contributed by atoms with E-state index in [-0.39, 0.29) is 0 Å². The summed E-state index contributed by atoms with van der Waals surface area (Å²) in [6.45, 7) is 5.53. The largest absolute Gasteiger partial charge is 0.346 e. The molecule has 1 aliphatic rings. The van der Waals surface area contributed by atoms with Crippen molar-refractivity contribution in [3.05, 3.63) is 35.5 Å². The summed E-state index contributed by atoms with van der Waals surface area (Å²) in [4.78, 5) is 0. The third kappa shape index (κ3) is 1.95. The molecule has 1 fully saturated rings. The molecule has 96 valence electrons. The van der Waals surface area contributed by atoms with Gasteiger partial charge in [-0.3, -0.25) is 0 Å². The van der Waals surface area contributed by atoms with Gasteiger partial charge in [0.1, 0.15) is 0 Å². The molecule has 0 radical (unpaired) electrons. The molecule has 1 aliphatic carbocycles. The molecule has 1 N–H and O–H groups in total. The minimum Gasteiger partial charge on any atom is -0.346 e. The minimum atomic E-state index is 0.655. The Balaban J connectivity index is 1.86. The molecule has 1 aromatic heterocycles. The first kappa shape index (κ1) is 11.8. The molecule has 2 nitrogen and oxygen atoms in total. The van der Waals surface area contributed by atoms with Crippen LogP contribution in [0.15, 0.2) is 24.3 Å². The third-order valence-electron chi connectivity index (χ3n) is 4.43. The number of aromatic nitrogens is 1. The second kappa shape index (κ2) is 4.43. The van der Waals surface area contributed by atoms with Crippen LogP contribution < -0.4 is 5.32 Å². The zero-order valence-corrected chi connectivity index (χ0v) is 11.5. The lowest BCUT2D eigenvalue weighted by molar-refractivity contribution is 0.487. The van der Waals surface area contributed by atoms with Gasteiger partial charge in [-0.1, -0.05) is 18.2 Å². The molecule has 2 heteroatoms. The summed E-state index contributed by atoms with van der Waals surface area (Å²) in [6, 6.07) is 9.32. The van der Waals surface area contributed by atoms with Crippen molar-refractivity contribution in [1.82, 2.24) is 9.88 Å². The molecular formula is C16H22N2. The Morgan fingerprint density at radius 1 is 1.33 bits per heavy atom. The van der Waals surface area contributed by atoms with Crippen molar-refractivity contribution in [3.8, 4) is 0 Å². The minimum absolute atomic E-state index is 0.655. The van der Waals surface area contributed by atoms with Gasteiger partial charge >= 0.3 is 0 Å². The maximum atomic E-state index is 3.68. The average molecular weight is 242 g/mol. The van der Waals surface area contributed by atoms with E-state index in [1.165, 1.54) is 35.0 Å². The van der Waals surface area contributed by atoms with Gasteiger partial charge in [0.2, 0.25) is 0 Å². The number of benzene rings is 1. The van der Waals surface area contributed by atoms with Gasteiger partial charge in [-0.05, 0) is 44.2 Å². The van der Waals surface area contributed by atoms with E-state index in [9.17, 15) is 0 Å². The lowest BCUT2D eigenvalue weighted by Crippen LogP contribution is -2.28. The van der Waals surface area contributed by atoms with Crippen LogP contribution in [0, 0.1) is 12.8 Å². The van der Waals surface area contributed by atoms with Crippen molar-refractivity contribution in [2.75, 3.05) is 0 Å². The predicted molar refractivity (Wildman–Crippen MR) is 76.7 cm³/mol. The summed E-state index contributed by atoms with van der Waals surface area (Å²) in [5.74, 6) is 0.917. The van der Waals surface area contributed by atoms with Crippen molar-refractivity contribution >= 4 is 10.9 Å². The molecule has 0 amide bonds. The van der Waals surface area contributed by atoms with E-state index in [0.717, 1.165) is 12.5 Å². The van der Waals surface area contributed by atoms with E-state index < -0.39 is 0 Å². The van der Waals surface area contributed by atoms with Gasteiger partial charge < -0.3 is 9.88 Å². The molecule has 1 saturated carbocycles. The second-order valence-corrected chi connectivity index (χ2v) is 5.65. The van der Waals surface area contributed by atoms with E-state index >= 15 is 0 Å². The maximum Gasteiger partial charge on any atom is 0.0483 e. The maximum absolute atomic E-state index is 3.68. The van der Waals surface area contributed by atoms with E-state index in [4.69, 9.17) is 0 Å². The monoisotopic (exact) mass is 242 g/mol. The Morgan fingerprint density at radius 2 is 2.06 bits per heavy atom. The molecule has 1 atom stereocenters. The van der Waals surface area contributed by atoms with Crippen molar-refractivity contribution < 1.29 is 0 Å². The van der Waals surface area contributed by atoms with Gasteiger partial charge in [0.25, 0.3) is 0 Å². The summed E-state index contributed by atoms with van der Waals surface area (Å²) >= 11 is 0. The highest BCUT2D eigenvalue weighted by molar-refractivity contribution is 5.85. The SMILES string of the molecule is Cc1c(CNC(C)C2CC2)n(C)c2ccccc12.